The second-order valence-electron chi connectivity index (χ2n) is 5.77. The molecule has 0 bridgehead atoms. The van der Waals surface area contributed by atoms with Crippen LogP contribution in [0.25, 0.3) is 5.82 Å². The van der Waals surface area contributed by atoms with E-state index in [9.17, 15) is 13.2 Å². The van der Waals surface area contributed by atoms with Gasteiger partial charge in [0, 0.05) is 37.2 Å². The van der Waals surface area contributed by atoms with E-state index >= 15 is 0 Å². The van der Waals surface area contributed by atoms with E-state index in [4.69, 9.17) is 0 Å². The fourth-order valence-corrected chi connectivity index (χ4v) is 4.54. The molecule has 128 valence electrons. The van der Waals surface area contributed by atoms with Crippen molar-refractivity contribution in [1.82, 2.24) is 25.4 Å². The van der Waals surface area contributed by atoms with Crippen molar-refractivity contribution in [1.29, 1.82) is 0 Å². The number of rotatable bonds is 5. The molecule has 2 aromatic heterocycles. The number of aromatic nitrogens is 3. The monoisotopic (exact) mass is 349 g/mol. The minimum Gasteiger partial charge on any atom is -0.338 e. The van der Waals surface area contributed by atoms with E-state index in [2.05, 4.69) is 20.7 Å². The molecule has 1 saturated heterocycles. The average molecular weight is 349 g/mol. The van der Waals surface area contributed by atoms with Crippen molar-refractivity contribution in [2.75, 3.05) is 18.1 Å². The zero-order chi connectivity index (χ0) is 17.0. The number of urea groups is 1. The van der Waals surface area contributed by atoms with Gasteiger partial charge >= 0.3 is 6.03 Å². The number of hydrogen-bond acceptors (Lipinski definition) is 5. The lowest BCUT2D eigenvalue weighted by Gasteiger charge is -2.12. The molecule has 0 aromatic carbocycles. The molecule has 3 rings (SSSR count). The Morgan fingerprint density at radius 1 is 1.29 bits per heavy atom. The fraction of sp³-hybridized carbons (Fsp3) is 0.400. The smallest absolute Gasteiger partial charge is 0.315 e. The number of carbonyl (C=O) groups excluding carboxylic acids is 1. The van der Waals surface area contributed by atoms with Crippen molar-refractivity contribution in [3.63, 3.8) is 0 Å². The molecule has 2 N–H and O–H groups in total. The third-order valence-electron chi connectivity index (χ3n) is 3.91. The van der Waals surface area contributed by atoms with Crippen LogP contribution < -0.4 is 10.6 Å². The first-order chi connectivity index (χ1) is 11.5. The van der Waals surface area contributed by atoms with Crippen molar-refractivity contribution in [3.8, 4) is 5.82 Å². The largest absolute Gasteiger partial charge is 0.338 e. The van der Waals surface area contributed by atoms with Gasteiger partial charge in [0.15, 0.2) is 15.7 Å². The van der Waals surface area contributed by atoms with E-state index in [-0.39, 0.29) is 23.5 Å². The minimum atomic E-state index is -2.92. The Morgan fingerprint density at radius 3 is 2.88 bits per heavy atom. The van der Waals surface area contributed by atoms with Crippen LogP contribution in [0.1, 0.15) is 12.0 Å². The Labute approximate surface area is 140 Å². The van der Waals surface area contributed by atoms with Gasteiger partial charge in [-0.3, -0.25) is 0 Å². The topological polar surface area (TPSA) is 106 Å². The molecule has 0 aliphatic carbocycles. The maximum atomic E-state index is 11.9. The second kappa shape index (κ2) is 7.00. The van der Waals surface area contributed by atoms with Gasteiger partial charge in [-0.05, 0) is 24.5 Å². The van der Waals surface area contributed by atoms with Gasteiger partial charge in [-0.2, -0.15) is 5.10 Å². The third kappa shape index (κ3) is 4.10. The van der Waals surface area contributed by atoms with Crippen LogP contribution in [0, 0.1) is 5.92 Å². The number of pyridine rings is 1. The number of carbonyl (C=O) groups is 1. The molecule has 2 aromatic rings. The van der Waals surface area contributed by atoms with Crippen molar-refractivity contribution in [2.45, 2.75) is 13.0 Å². The summed E-state index contributed by atoms with van der Waals surface area (Å²) in [6, 6.07) is 5.14. The number of hydrogen-bond donors (Lipinski definition) is 2. The van der Waals surface area contributed by atoms with Crippen LogP contribution in [0.15, 0.2) is 36.8 Å². The van der Waals surface area contributed by atoms with Gasteiger partial charge in [0.25, 0.3) is 0 Å². The molecule has 9 heteroatoms. The van der Waals surface area contributed by atoms with Crippen LogP contribution in [0.2, 0.25) is 0 Å². The molecule has 1 aliphatic rings. The zero-order valence-electron chi connectivity index (χ0n) is 13.1. The summed E-state index contributed by atoms with van der Waals surface area (Å²) in [5.41, 5.74) is 0.833. The zero-order valence-corrected chi connectivity index (χ0v) is 13.9. The van der Waals surface area contributed by atoms with Crippen molar-refractivity contribution < 1.29 is 13.2 Å². The molecular formula is C15H19N5O3S. The van der Waals surface area contributed by atoms with E-state index in [1.165, 1.54) is 0 Å². The molecule has 0 spiro atoms. The molecule has 1 atom stereocenters. The summed E-state index contributed by atoms with van der Waals surface area (Å²) in [6.45, 7) is 0.669. The SMILES string of the molecule is O=C(NCc1cccnc1-n1cccn1)NC[C@H]1CCS(=O)(=O)C1. The van der Waals surface area contributed by atoms with E-state index in [1.807, 2.05) is 6.07 Å². The lowest BCUT2D eigenvalue weighted by molar-refractivity contribution is 0.239. The molecule has 1 aliphatic heterocycles. The van der Waals surface area contributed by atoms with Gasteiger partial charge in [0.2, 0.25) is 0 Å². The Balaban J connectivity index is 1.52. The van der Waals surface area contributed by atoms with Gasteiger partial charge in [-0.1, -0.05) is 6.07 Å². The van der Waals surface area contributed by atoms with Gasteiger partial charge in [0.05, 0.1) is 11.5 Å². The summed E-state index contributed by atoms with van der Waals surface area (Å²) < 4.78 is 24.4. The van der Waals surface area contributed by atoms with Crippen LogP contribution in [-0.4, -0.2) is 47.3 Å². The highest BCUT2D eigenvalue weighted by Crippen LogP contribution is 2.17. The molecule has 1 fully saturated rings. The highest BCUT2D eigenvalue weighted by molar-refractivity contribution is 7.91. The number of sulfone groups is 1. The van der Waals surface area contributed by atoms with Crippen LogP contribution in [0.3, 0.4) is 0 Å². The first-order valence-electron chi connectivity index (χ1n) is 7.69. The van der Waals surface area contributed by atoms with E-state index in [0.29, 0.717) is 25.3 Å². The first kappa shape index (κ1) is 16.4. The lowest BCUT2D eigenvalue weighted by atomic mass is 10.1. The van der Waals surface area contributed by atoms with Gasteiger partial charge in [-0.25, -0.2) is 22.9 Å². The summed E-state index contributed by atoms with van der Waals surface area (Å²) >= 11 is 0. The summed E-state index contributed by atoms with van der Waals surface area (Å²) in [5.74, 6) is 1.02. The number of nitrogens with zero attached hydrogens (tertiary/aromatic N) is 3. The van der Waals surface area contributed by atoms with Gasteiger partial charge in [-0.15, -0.1) is 0 Å². The Morgan fingerprint density at radius 2 is 2.17 bits per heavy atom. The molecule has 0 saturated carbocycles. The predicted octanol–water partition coefficient (Wildman–Crippen LogP) is 0.501. The van der Waals surface area contributed by atoms with E-state index < -0.39 is 9.84 Å². The summed E-state index contributed by atoms with van der Waals surface area (Å²) in [5, 5.41) is 9.64. The summed E-state index contributed by atoms with van der Waals surface area (Å²) in [4.78, 5) is 16.2. The summed E-state index contributed by atoms with van der Waals surface area (Å²) in [6.07, 6.45) is 5.72. The third-order valence-corrected chi connectivity index (χ3v) is 5.74. The quantitative estimate of drug-likeness (QED) is 0.818. The highest BCUT2D eigenvalue weighted by atomic mass is 32.2. The molecule has 8 nitrogen and oxygen atoms in total. The lowest BCUT2D eigenvalue weighted by Crippen LogP contribution is -2.38. The second-order valence-corrected chi connectivity index (χ2v) is 8.00. The van der Waals surface area contributed by atoms with Gasteiger partial charge in [0.1, 0.15) is 0 Å². The van der Waals surface area contributed by atoms with E-state index in [1.54, 1.807) is 35.4 Å². The van der Waals surface area contributed by atoms with Crippen molar-refractivity contribution in [2.24, 2.45) is 5.92 Å². The normalized spacial score (nSPS) is 19.1. The highest BCUT2D eigenvalue weighted by Gasteiger charge is 2.27. The maximum absolute atomic E-state index is 11.9. The van der Waals surface area contributed by atoms with Crippen molar-refractivity contribution >= 4 is 15.9 Å². The molecule has 3 heterocycles. The van der Waals surface area contributed by atoms with Crippen LogP contribution in [0.4, 0.5) is 4.79 Å². The minimum absolute atomic E-state index is 0.00113. The Kier molecular flexibility index (Phi) is 4.79. The Hall–Kier alpha value is -2.42. The number of amides is 2. The van der Waals surface area contributed by atoms with Crippen LogP contribution >= 0.6 is 0 Å². The maximum Gasteiger partial charge on any atom is 0.315 e. The molecule has 0 radical (unpaired) electrons. The molecule has 0 unspecified atom stereocenters. The first-order valence-corrected chi connectivity index (χ1v) is 9.52. The fourth-order valence-electron chi connectivity index (χ4n) is 2.68. The summed E-state index contributed by atoms with van der Waals surface area (Å²) in [7, 11) is -2.92. The average Bonchev–Trinajstić information content (AvgIpc) is 3.20. The van der Waals surface area contributed by atoms with Crippen LogP contribution in [0.5, 0.6) is 0 Å². The molecule has 2 amide bonds. The van der Waals surface area contributed by atoms with Crippen molar-refractivity contribution in [3.05, 3.63) is 42.4 Å². The molecular weight excluding hydrogens is 330 g/mol. The molecule has 24 heavy (non-hydrogen) atoms. The van der Waals surface area contributed by atoms with Gasteiger partial charge < -0.3 is 10.6 Å². The van der Waals surface area contributed by atoms with E-state index in [0.717, 1.165) is 5.56 Å². The Bertz CT molecular complexity index is 804. The standard InChI is InChI=1S/C15H19N5O3S/c21-15(17-9-12-4-8-24(22,23)11-12)18-10-13-3-1-5-16-14(13)20-7-2-6-19-20/h1-3,5-7,12H,4,8-11H2,(H2,17,18,21)/t12-/m1/s1. The number of nitrogens with one attached hydrogen (secondary N) is 2. The predicted molar refractivity (Wildman–Crippen MR) is 88.4 cm³/mol. The van der Waals surface area contributed by atoms with Crippen LogP contribution in [-0.2, 0) is 16.4 Å².